The van der Waals surface area contributed by atoms with Crippen LogP contribution in [0.3, 0.4) is 0 Å². The lowest BCUT2D eigenvalue weighted by Crippen LogP contribution is -2.46. The molecule has 3 rings (SSSR count). The molecule has 2 aromatic rings. The summed E-state index contributed by atoms with van der Waals surface area (Å²) < 4.78 is 0. The van der Waals surface area contributed by atoms with Crippen LogP contribution >= 0.6 is 22.7 Å². The summed E-state index contributed by atoms with van der Waals surface area (Å²) in [5.74, 6) is -0.849. The molecule has 0 aliphatic carbocycles. The maximum atomic E-state index is 10.9. The third-order valence-electron chi connectivity index (χ3n) is 3.08. The number of carboxylic acids is 1. The molecule has 1 aliphatic heterocycles. The van der Waals surface area contributed by atoms with Gasteiger partial charge in [0.1, 0.15) is 4.88 Å². The van der Waals surface area contributed by atoms with Crippen molar-refractivity contribution in [3.63, 3.8) is 0 Å². The second-order valence-corrected chi connectivity index (χ2v) is 6.17. The first kappa shape index (κ1) is 12.4. The van der Waals surface area contributed by atoms with Crippen LogP contribution in [-0.4, -0.2) is 42.2 Å². The van der Waals surface area contributed by atoms with Crippen molar-refractivity contribution in [1.29, 1.82) is 0 Å². The zero-order chi connectivity index (χ0) is 13.2. The molecule has 0 saturated carbocycles. The third-order valence-corrected chi connectivity index (χ3v) is 5.05. The number of thiazole rings is 1. The number of rotatable bonds is 3. The van der Waals surface area contributed by atoms with Gasteiger partial charge in [0.15, 0.2) is 5.13 Å². The van der Waals surface area contributed by atoms with Crippen molar-refractivity contribution in [3.05, 3.63) is 28.6 Å². The van der Waals surface area contributed by atoms with Gasteiger partial charge in [0.2, 0.25) is 0 Å². The number of hydrogen-bond acceptors (Lipinski definition) is 6. The number of anilines is 2. The maximum Gasteiger partial charge on any atom is 0.345 e. The number of nitrogens with zero attached hydrogens (tertiary/aromatic N) is 3. The van der Waals surface area contributed by atoms with Crippen LogP contribution in [0, 0.1) is 0 Å². The molecule has 100 valence electrons. The molecule has 0 spiro atoms. The second-order valence-electron chi connectivity index (χ2n) is 4.23. The van der Waals surface area contributed by atoms with E-state index in [0.29, 0.717) is 4.88 Å². The topological polar surface area (TPSA) is 56.7 Å². The summed E-state index contributed by atoms with van der Waals surface area (Å²) in [4.78, 5) is 20.1. The Labute approximate surface area is 118 Å². The van der Waals surface area contributed by atoms with E-state index in [4.69, 9.17) is 5.11 Å². The monoisotopic (exact) mass is 295 g/mol. The lowest BCUT2D eigenvalue weighted by Gasteiger charge is -2.35. The lowest BCUT2D eigenvalue weighted by atomic mass is 10.3. The fourth-order valence-corrected chi connectivity index (χ4v) is 3.70. The van der Waals surface area contributed by atoms with Crippen LogP contribution < -0.4 is 9.80 Å². The van der Waals surface area contributed by atoms with E-state index in [-0.39, 0.29) is 0 Å². The number of carboxylic acid groups (broad SMARTS) is 1. The Morgan fingerprint density at radius 2 is 1.95 bits per heavy atom. The van der Waals surface area contributed by atoms with Crippen LogP contribution in [0.2, 0.25) is 0 Å². The van der Waals surface area contributed by atoms with Gasteiger partial charge >= 0.3 is 5.97 Å². The predicted molar refractivity (Wildman–Crippen MR) is 77.8 cm³/mol. The van der Waals surface area contributed by atoms with Gasteiger partial charge in [-0.1, -0.05) is 0 Å². The van der Waals surface area contributed by atoms with Crippen LogP contribution in [0.25, 0.3) is 0 Å². The zero-order valence-electron chi connectivity index (χ0n) is 10.2. The summed E-state index contributed by atoms with van der Waals surface area (Å²) in [5, 5.41) is 13.0. The molecule has 2 aromatic heterocycles. The molecule has 5 nitrogen and oxygen atoms in total. The van der Waals surface area contributed by atoms with Gasteiger partial charge in [-0.2, -0.15) is 0 Å². The summed E-state index contributed by atoms with van der Waals surface area (Å²) in [7, 11) is 0. The Hall–Kier alpha value is -1.60. The molecule has 0 radical (unpaired) electrons. The average molecular weight is 295 g/mol. The highest BCUT2D eigenvalue weighted by atomic mass is 32.1. The van der Waals surface area contributed by atoms with Crippen molar-refractivity contribution in [2.45, 2.75) is 0 Å². The smallest absolute Gasteiger partial charge is 0.345 e. The van der Waals surface area contributed by atoms with Gasteiger partial charge in [-0.15, -0.1) is 22.7 Å². The van der Waals surface area contributed by atoms with Crippen LogP contribution in [0.4, 0.5) is 10.1 Å². The number of hydrogen-bond donors (Lipinski definition) is 1. The number of aromatic carboxylic acids is 1. The van der Waals surface area contributed by atoms with E-state index in [2.05, 4.69) is 14.8 Å². The first-order chi connectivity index (χ1) is 9.24. The summed E-state index contributed by atoms with van der Waals surface area (Å²) in [6.07, 6.45) is 1.82. The number of piperazine rings is 1. The minimum atomic E-state index is -0.849. The maximum absolute atomic E-state index is 10.9. The van der Waals surface area contributed by atoms with E-state index >= 15 is 0 Å². The first-order valence-corrected chi connectivity index (χ1v) is 7.66. The van der Waals surface area contributed by atoms with Gasteiger partial charge in [-0.3, -0.25) is 0 Å². The van der Waals surface area contributed by atoms with Crippen LogP contribution in [0.15, 0.2) is 23.7 Å². The standard InChI is InChI=1S/C12H13N3O2S2/c16-11(17)9-1-2-10(19-9)14-4-6-15(7-5-14)12-13-3-8-18-12/h1-3,8H,4-7H2,(H,16,17). The largest absolute Gasteiger partial charge is 0.477 e. The first-order valence-electron chi connectivity index (χ1n) is 5.96. The van der Waals surface area contributed by atoms with Crippen LogP contribution in [0.1, 0.15) is 9.67 Å². The average Bonchev–Trinajstić information content (AvgIpc) is 3.11. The summed E-state index contributed by atoms with van der Waals surface area (Å²) >= 11 is 3.00. The van der Waals surface area contributed by atoms with Gasteiger partial charge in [-0.05, 0) is 12.1 Å². The van der Waals surface area contributed by atoms with Gasteiger partial charge in [0, 0.05) is 37.8 Å². The van der Waals surface area contributed by atoms with Crippen LogP contribution in [-0.2, 0) is 0 Å². The normalized spacial score (nSPS) is 15.8. The Morgan fingerprint density at radius 1 is 1.21 bits per heavy atom. The molecule has 0 bridgehead atoms. The molecule has 0 amide bonds. The van der Waals surface area contributed by atoms with Crippen LogP contribution in [0.5, 0.6) is 0 Å². The van der Waals surface area contributed by atoms with Crippen molar-refractivity contribution in [2.75, 3.05) is 36.0 Å². The molecule has 7 heteroatoms. The van der Waals surface area contributed by atoms with Gasteiger partial charge < -0.3 is 14.9 Å². The van der Waals surface area contributed by atoms with E-state index in [1.54, 1.807) is 17.4 Å². The summed E-state index contributed by atoms with van der Waals surface area (Å²) in [6, 6.07) is 3.57. The van der Waals surface area contributed by atoms with Gasteiger partial charge in [0.05, 0.1) is 5.00 Å². The van der Waals surface area contributed by atoms with Crippen molar-refractivity contribution < 1.29 is 9.90 Å². The van der Waals surface area contributed by atoms with Crippen molar-refractivity contribution in [2.24, 2.45) is 0 Å². The zero-order valence-corrected chi connectivity index (χ0v) is 11.8. The lowest BCUT2D eigenvalue weighted by molar-refractivity contribution is 0.0702. The van der Waals surface area contributed by atoms with E-state index < -0.39 is 5.97 Å². The molecule has 1 aliphatic rings. The van der Waals surface area contributed by atoms with Gasteiger partial charge in [-0.25, -0.2) is 9.78 Å². The highest BCUT2D eigenvalue weighted by Crippen LogP contribution is 2.28. The molecule has 0 atom stereocenters. The molecule has 1 saturated heterocycles. The van der Waals surface area contributed by atoms with E-state index in [0.717, 1.165) is 36.3 Å². The third kappa shape index (κ3) is 2.57. The quantitative estimate of drug-likeness (QED) is 0.941. The highest BCUT2D eigenvalue weighted by molar-refractivity contribution is 7.17. The number of carbonyl (C=O) groups is 1. The summed E-state index contributed by atoms with van der Waals surface area (Å²) in [6.45, 7) is 3.65. The molecule has 1 N–H and O–H groups in total. The fraction of sp³-hybridized carbons (Fsp3) is 0.333. The SMILES string of the molecule is O=C(O)c1ccc(N2CCN(c3nccs3)CC2)s1. The van der Waals surface area contributed by atoms with E-state index in [1.165, 1.54) is 11.3 Å². The van der Waals surface area contributed by atoms with Crippen molar-refractivity contribution in [3.8, 4) is 0 Å². The molecule has 19 heavy (non-hydrogen) atoms. The minimum Gasteiger partial charge on any atom is -0.477 e. The molecule has 0 aromatic carbocycles. The number of aromatic nitrogens is 1. The highest BCUT2D eigenvalue weighted by Gasteiger charge is 2.20. The molecule has 3 heterocycles. The second kappa shape index (κ2) is 5.18. The van der Waals surface area contributed by atoms with E-state index in [1.807, 2.05) is 17.6 Å². The molecular weight excluding hydrogens is 282 g/mol. The Morgan fingerprint density at radius 3 is 2.53 bits per heavy atom. The van der Waals surface area contributed by atoms with Crippen molar-refractivity contribution >= 4 is 38.8 Å². The molecular formula is C12H13N3O2S2. The molecule has 0 unspecified atom stereocenters. The van der Waals surface area contributed by atoms with Crippen molar-refractivity contribution in [1.82, 2.24) is 4.98 Å². The minimum absolute atomic E-state index is 0.400. The fourth-order valence-electron chi connectivity index (χ4n) is 2.10. The van der Waals surface area contributed by atoms with Gasteiger partial charge in [0.25, 0.3) is 0 Å². The predicted octanol–water partition coefficient (Wildman–Crippen LogP) is 2.23. The Bertz CT molecular complexity index is 559. The summed E-state index contributed by atoms with van der Waals surface area (Å²) in [5.41, 5.74) is 0. The number of thiophene rings is 1. The molecule has 1 fully saturated rings. The van der Waals surface area contributed by atoms with E-state index in [9.17, 15) is 4.79 Å². The Kier molecular flexibility index (Phi) is 3.39. The Balaban J connectivity index is 1.64.